The van der Waals surface area contributed by atoms with Crippen LogP contribution >= 0.6 is 11.6 Å². The van der Waals surface area contributed by atoms with Crippen LogP contribution in [0.2, 0.25) is 5.02 Å². The number of aromatic amines is 1. The lowest BCUT2D eigenvalue weighted by Gasteiger charge is -2.17. The van der Waals surface area contributed by atoms with Gasteiger partial charge in [-0.05, 0) is 44.9 Å². The number of rotatable bonds is 11. The number of carbonyl (C=O) groups excluding carboxylic acids is 4. The van der Waals surface area contributed by atoms with Crippen molar-refractivity contribution in [2.24, 2.45) is 5.92 Å². The molecule has 1 aromatic carbocycles. The van der Waals surface area contributed by atoms with Gasteiger partial charge in [0, 0.05) is 53.7 Å². The smallest absolute Gasteiger partial charge is 0.330 e. The molecular weight excluding hydrogens is 494 g/mol. The fourth-order valence-corrected chi connectivity index (χ4v) is 4.02. The maximum absolute atomic E-state index is 12.6. The van der Waals surface area contributed by atoms with Crippen molar-refractivity contribution in [3.05, 3.63) is 59.3 Å². The predicted molar refractivity (Wildman–Crippen MR) is 143 cm³/mol. The van der Waals surface area contributed by atoms with E-state index >= 15 is 0 Å². The van der Waals surface area contributed by atoms with E-state index in [1.807, 2.05) is 18.2 Å². The largest absolute Gasteiger partial charge is 0.463 e. The Morgan fingerprint density at radius 3 is 2.62 bits per heavy atom. The number of nitrogens with one attached hydrogen (secondary N) is 3. The summed E-state index contributed by atoms with van der Waals surface area (Å²) in [6.45, 7) is 4.18. The Labute approximate surface area is 222 Å². The Hall–Kier alpha value is -3.83. The van der Waals surface area contributed by atoms with E-state index in [2.05, 4.69) is 28.0 Å². The Balaban J connectivity index is 0.00000153. The minimum Gasteiger partial charge on any atom is -0.463 e. The summed E-state index contributed by atoms with van der Waals surface area (Å²) in [7, 11) is 0. The molecule has 0 bridgehead atoms. The normalized spacial score (nSPS) is 15.2. The van der Waals surface area contributed by atoms with Crippen molar-refractivity contribution >= 4 is 35.2 Å². The van der Waals surface area contributed by atoms with Crippen molar-refractivity contribution < 1.29 is 23.9 Å². The van der Waals surface area contributed by atoms with Crippen molar-refractivity contribution in [1.82, 2.24) is 15.6 Å². The lowest BCUT2D eigenvalue weighted by molar-refractivity contribution is -0.137. The van der Waals surface area contributed by atoms with Crippen molar-refractivity contribution in [2.75, 3.05) is 13.2 Å². The number of halogens is 1. The van der Waals surface area contributed by atoms with Crippen LogP contribution in [0.1, 0.15) is 50.0 Å². The highest BCUT2D eigenvalue weighted by Gasteiger charge is 2.27. The third-order valence-corrected chi connectivity index (χ3v) is 5.86. The molecule has 2 atom stereocenters. The molecule has 3 N–H and O–H groups in total. The number of terminal acetylenes is 1. The molecule has 1 saturated heterocycles. The second-order valence-corrected chi connectivity index (χ2v) is 8.68. The lowest BCUT2D eigenvalue weighted by atomic mass is 9.97. The minimum absolute atomic E-state index is 0.00648. The second-order valence-electron chi connectivity index (χ2n) is 8.27. The summed E-state index contributed by atoms with van der Waals surface area (Å²) < 4.78 is 4.88. The number of ketones is 1. The third-order valence-electron chi connectivity index (χ3n) is 5.53. The van der Waals surface area contributed by atoms with Gasteiger partial charge in [-0.1, -0.05) is 35.9 Å². The highest BCUT2D eigenvalue weighted by molar-refractivity contribution is 6.33. The molecule has 2 heterocycles. The maximum atomic E-state index is 12.6. The van der Waals surface area contributed by atoms with Gasteiger partial charge in [0.25, 0.3) is 0 Å². The van der Waals surface area contributed by atoms with Crippen LogP contribution in [0, 0.1) is 18.3 Å². The number of ether oxygens (including phenoxy) is 1. The van der Waals surface area contributed by atoms with Gasteiger partial charge in [-0.3, -0.25) is 14.4 Å². The van der Waals surface area contributed by atoms with Crippen LogP contribution < -0.4 is 10.6 Å². The number of carbonyl (C=O) groups is 4. The molecule has 1 aromatic heterocycles. The molecule has 2 amide bonds. The fraction of sp³-hybridized carbons (Fsp3) is 0.357. The molecule has 0 radical (unpaired) electrons. The van der Waals surface area contributed by atoms with Crippen molar-refractivity contribution in [3.63, 3.8) is 0 Å². The molecule has 1 aliphatic rings. The van der Waals surface area contributed by atoms with E-state index in [0.29, 0.717) is 30.1 Å². The number of aromatic nitrogens is 1. The van der Waals surface area contributed by atoms with Gasteiger partial charge in [-0.25, -0.2) is 4.79 Å². The van der Waals surface area contributed by atoms with E-state index in [1.54, 1.807) is 32.0 Å². The molecule has 196 valence electrons. The number of benzene rings is 1. The zero-order valence-electron chi connectivity index (χ0n) is 21.0. The molecule has 9 heteroatoms. The molecule has 37 heavy (non-hydrogen) atoms. The van der Waals surface area contributed by atoms with Crippen LogP contribution in [0.5, 0.6) is 0 Å². The molecular formula is C28H32ClN3O5. The van der Waals surface area contributed by atoms with E-state index in [-0.39, 0.29) is 43.0 Å². The number of hydrogen-bond acceptors (Lipinski definition) is 5. The third kappa shape index (κ3) is 9.62. The number of amides is 2. The lowest BCUT2D eigenvalue weighted by Crippen LogP contribution is -2.36. The average molecular weight is 526 g/mol. The van der Waals surface area contributed by atoms with Gasteiger partial charge in [-0.15, -0.1) is 12.3 Å². The molecule has 3 rings (SSSR count). The Morgan fingerprint density at radius 2 is 1.97 bits per heavy atom. The zero-order chi connectivity index (χ0) is 27.2. The molecule has 0 aliphatic carbocycles. The molecule has 2 unspecified atom stereocenters. The van der Waals surface area contributed by atoms with Gasteiger partial charge in [-0.2, -0.15) is 0 Å². The highest BCUT2D eigenvalue weighted by Crippen LogP contribution is 2.27. The molecule has 8 nitrogen and oxygen atoms in total. The summed E-state index contributed by atoms with van der Waals surface area (Å²) >= 11 is 6.21. The molecule has 1 fully saturated rings. The van der Waals surface area contributed by atoms with Gasteiger partial charge in [0.15, 0.2) is 5.78 Å². The first kappa shape index (κ1) is 29.4. The van der Waals surface area contributed by atoms with E-state index in [0.717, 1.165) is 11.3 Å². The Bertz CT molecular complexity index is 1160. The van der Waals surface area contributed by atoms with E-state index in [9.17, 15) is 19.2 Å². The Morgan fingerprint density at radius 1 is 1.24 bits per heavy atom. The van der Waals surface area contributed by atoms with Crippen molar-refractivity contribution in [2.45, 2.75) is 45.6 Å². The van der Waals surface area contributed by atoms with Crippen LogP contribution in [0.15, 0.2) is 48.6 Å². The van der Waals surface area contributed by atoms with Gasteiger partial charge in [0.05, 0.1) is 12.3 Å². The topological polar surface area (TPSA) is 117 Å². The number of hydrogen-bond donors (Lipinski definition) is 3. The summed E-state index contributed by atoms with van der Waals surface area (Å²) in [5.74, 6) is 0.861. The summed E-state index contributed by atoms with van der Waals surface area (Å²) in [6, 6.07) is 10.2. The zero-order valence-corrected chi connectivity index (χ0v) is 21.8. The summed E-state index contributed by atoms with van der Waals surface area (Å²) in [5, 5.41) is 6.15. The minimum atomic E-state index is -0.529. The van der Waals surface area contributed by atoms with Crippen molar-refractivity contribution in [1.29, 1.82) is 0 Å². The summed E-state index contributed by atoms with van der Waals surface area (Å²) in [4.78, 5) is 51.8. The summed E-state index contributed by atoms with van der Waals surface area (Å²) in [5.41, 5.74) is 1.90. The predicted octanol–water partition coefficient (Wildman–Crippen LogP) is 4.07. The van der Waals surface area contributed by atoms with Gasteiger partial charge < -0.3 is 20.4 Å². The van der Waals surface area contributed by atoms with E-state index < -0.39 is 12.0 Å². The van der Waals surface area contributed by atoms with E-state index in [1.165, 1.54) is 12.2 Å². The van der Waals surface area contributed by atoms with E-state index in [4.69, 9.17) is 16.3 Å². The number of Topliss-reactive ketones (excluding diaryl/α,β-unsaturated/α-hetero) is 1. The molecule has 1 aliphatic heterocycles. The molecule has 0 saturated carbocycles. The van der Waals surface area contributed by atoms with Crippen LogP contribution in [0.25, 0.3) is 11.3 Å². The standard InChI is InChI=1S/C25H28ClN3O5.C3H4/c1-2-34-24(32)12-7-17(15-16-13-14-27-25(16)33)28-23(31)11-10-22(30)21-9-8-20(29-21)18-5-3-4-6-19(18)26;1-3-2/h3-9,12,16-17,29H,2,10-11,13-15H2,1H3,(H,27,33)(H,28,31);1H,2H3/b12-7+;. The first-order chi connectivity index (χ1) is 17.8. The first-order valence-electron chi connectivity index (χ1n) is 12.1. The van der Waals surface area contributed by atoms with Crippen LogP contribution in [0.4, 0.5) is 0 Å². The van der Waals surface area contributed by atoms with Gasteiger partial charge >= 0.3 is 5.97 Å². The quantitative estimate of drug-likeness (QED) is 0.177. The van der Waals surface area contributed by atoms with Crippen LogP contribution in [-0.2, 0) is 19.1 Å². The highest BCUT2D eigenvalue weighted by atomic mass is 35.5. The first-order valence-corrected chi connectivity index (χ1v) is 12.4. The van der Waals surface area contributed by atoms with Crippen LogP contribution in [-0.4, -0.2) is 47.7 Å². The second kappa shape index (κ2) is 15.3. The average Bonchev–Trinajstić information content (AvgIpc) is 3.51. The van der Waals surface area contributed by atoms with Gasteiger partial charge in [0.1, 0.15) is 0 Å². The number of esters is 1. The SMILES string of the molecule is C#CC.CCOC(=O)/C=C/C(CC1CCNC1=O)NC(=O)CCC(=O)c1ccc(-c2ccccc2Cl)[nH]1. The Kier molecular flexibility index (Phi) is 12.2. The fourth-order valence-electron chi connectivity index (χ4n) is 3.78. The van der Waals surface area contributed by atoms with Crippen molar-refractivity contribution in [3.8, 4) is 23.6 Å². The monoisotopic (exact) mass is 525 g/mol. The molecule has 2 aromatic rings. The summed E-state index contributed by atoms with van der Waals surface area (Å²) in [6.07, 6.45) is 8.38. The van der Waals surface area contributed by atoms with Gasteiger partial charge in [0.2, 0.25) is 11.8 Å². The molecule has 0 spiro atoms. The van der Waals surface area contributed by atoms with Crippen LogP contribution in [0.3, 0.4) is 0 Å². The number of H-pyrrole nitrogens is 1. The maximum Gasteiger partial charge on any atom is 0.330 e.